The van der Waals surface area contributed by atoms with Crippen molar-refractivity contribution in [3.8, 4) is 17.0 Å². The van der Waals surface area contributed by atoms with Crippen LogP contribution in [-0.4, -0.2) is 40.5 Å². The van der Waals surface area contributed by atoms with E-state index in [0.29, 0.717) is 13.1 Å². The summed E-state index contributed by atoms with van der Waals surface area (Å²) in [6.45, 7) is 3.45. The monoisotopic (exact) mass is 454 g/mol. The molecule has 1 aliphatic heterocycles. The van der Waals surface area contributed by atoms with Crippen molar-refractivity contribution in [2.24, 2.45) is 0 Å². The van der Waals surface area contributed by atoms with Gasteiger partial charge in [0.15, 0.2) is 0 Å². The summed E-state index contributed by atoms with van der Waals surface area (Å²) in [4.78, 5) is 19.9. The Bertz CT molecular complexity index is 1280. The Morgan fingerprint density at radius 1 is 1.00 bits per heavy atom. The van der Waals surface area contributed by atoms with Crippen LogP contribution in [0.3, 0.4) is 0 Å². The number of nitrogens with zero attached hydrogens (tertiary/aromatic N) is 3. The van der Waals surface area contributed by atoms with E-state index in [9.17, 15) is 4.79 Å². The number of methoxy groups -OCH3 is 1. The number of piperidine rings is 1. The zero-order valence-corrected chi connectivity index (χ0v) is 19.6. The van der Waals surface area contributed by atoms with Crippen LogP contribution in [-0.2, 0) is 0 Å². The molecule has 0 radical (unpaired) electrons. The van der Waals surface area contributed by atoms with Crippen molar-refractivity contribution < 1.29 is 9.53 Å². The molecular formula is C28H30N4O2. The van der Waals surface area contributed by atoms with E-state index >= 15 is 0 Å². The fourth-order valence-corrected chi connectivity index (χ4v) is 4.83. The lowest BCUT2D eigenvalue weighted by atomic mass is 9.96. The van der Waals surface area contributed by atoms with Crippen molar-refractivity contribution >= 4 is 11.5 Å². The van der Waals surface area contributed by atoms with Gasteiger partial charge in [0.2, 0.25) is 0 Å². The van der Waals surface area contributed by atoms with Crippen molar-refractivity contribution in [2.75, 3.05) is 20.2 Å². The van der Waals surface area contributed by atoms with E-state index in [4.69, 9.17) is 9.72 Å². The lowest BCUT2D eigenvalue weighted by molar-refractivity contribution is 0.177. The van der Waals surface area contributed by atoms with E-state index in [1.165, 1.54) is 0 Å². The van der Waals surface area contributed by atoms with E-state index in [-0.39, 0.29) is 18.0 Å². The number of carbonyl (C=O) groups is 1. The van der Waals surface area contributed by atoms with Crippen LogP contribution >= 0.6 is 0 Å². The van der Waals surface area contributed by atoms with Gasteiger partial charge >= 0.3 is 6.03 Å². The summed E-state index contributed by atoms with van der Waals surface area (Å²) in [6, 6.07) is 24.2. The topological polar surface area (TPSA) is 58.9 Å². The molecular weight excluding hydrogens is 424 g/mol. The van der Waals surface area contributed by atoms with Crippen molar-refractivity contribution in [3.05, 3.63) is 90.4 Å². The number of benzene rings is 2. The minimum atomic E-state index is -0.0222. The maximum absolute atomic E-state index is 12.9. The average molecular weight is 455 g/mol. The minimum Gasteiger partial charge on any atom is -0.496 e. The Morgan fingerprint density at radius 3 is 2.47 bits per heavy atom. The standard InChI is InChI=1S/C28H30N4O2/c1-20(21-10-4-3-5-11-21)29-28(33)31-18-15-22(16-19-31)27-30-26(24-13-8-9-17-32(24)27)23-12-6-7-14-25(23)34-2/h3-14,17,20,22H,15-16,18-19H2,1-2H3,(H,29,33)/t20-/m0/s1. The van der Waals surface area contributed by atoms with Crippen molar-refractivity contribution in [1.29, 1.82) is 0 Å². The highest BCUT2D eigenvalue weighted by atomic mass is 16.5. The fraction of sp³-hybridized carbons (Fsp3) is 0.286. The van der Waals surface area contributed by atoms with Gasteiger partial charge in [0.25, 0.3) is 0 Å². The van der Waals surface area contributed by atoms with Crippen molar-refractivity contribution in [3.63, 3.8) is 0 Å². The number of likely N-dealkylation sites (tertiary alicyclic amines) is 1. The molecule has 174 valence electrons. The molecule has 6 heteroatoms. The van der Waals surface area contributed by atoms with E-state index in [2.05, 4.69) is 28.0 Å². The molecule has 0 bridgehead atoms. The first-order valence-corrected chi connectivity index (χ1v) is 11.9. The van der Waals surface area contributed by atoms with Crippen LogP contribution in [0.15, 0.2) is 79.0 Å². The zero-order valence-electron chi connectivity index (χ0n) is 19.6. The number of carbonyl (C=O) groups excluding carboxylic acids is 1. The van der Waals surface area contributed by atoms with E-state index in [0.717, 1.165) is 46.8 Å². The lowest BCUT2D eigenvalue weighted by Gasteiger charge is -2.32. The Hall–Kier alpha value is -3.80. The molecule has 1 N–H and O–H groups in total. The van der Waals surface area contributed by atoms with Gasteiger partial charge in [0, 0.05) is 30.8 Å². The van der Waals surface area contributed by atoms with Gasteiger partial charge in [-0.05, 0) is 49.6 Å². The molecule has 0 spiro atoms. The number of imidazole rings is 1. The van der Waals surface area contributed by atoms with E-state index < -0.39 is 0 Å². The number of hydrogen-bond acceptors (Lipinski definition) is 3. The van der Waals surface area contributed by atoms with Gasteiger partial charge < -0.3 is 19.4 Å². The quantitative estimate of drug-likeness (QED) is 0.423. The first kappa shape index (κ1) is 22.0. The molecule has 2 aromatic heterocycles. The summed E-state index contributed by atoms with van der Waals surface area (Å²) in [6.07, 6.45) is 3.84. The number of urea groups is 1. The molecule has 0 saturated carbocycles. The summed E-state index contributed by atoms with van der Waals surface area (Å²) in [5.74, 6) is 2.15. The Labute approximate surface area is 200 Å². The Morgan fingerprint density at radius 2 is 1.71 bits per heavy atom. The number of pyridine rings is 1. The second kappa shape index (κ2) is 9.59. The molecule has 1 saturated heterocycles. The predicted octanol–water partition coefficient (Wildman–Crippen LogP) is 5.66. The van der Waals surface area contributed by atoms with Gasteiger partial charge in [0.05, 0.1) is 18.7 Å². The number of hydrogen-bond donors (Lipinski definition) is 1. The van der Waals surface area contributed by atoms with E-state index in [1.807, 2.05) is 72.5 Å². The molecule has 5 rings (SSSR count). The molecule has 3 heterocycles. The average Bonchev–Trinajstić information content (AvgIpc) is 3.29. The van der Waals surface area contributed by atoms with Crippen LogP contribution < -0.4 is 10.1 Å². The number of rotatable bonds is 5. The van der Waals surface area contributed by atoms with Gasteiger partial charge in [-0.1, -0.05) is 48.5 Å². The molecule has 34 heavy (non-hydrogen) atoms. The van der Waals surface area contributed by atoms with Crippen molar-refractivity contribution in [2.45, 2.75) is 31.7 Å². The van der Waals surface area contributed by atoms with Gasteiger partial charge in [-0.2, -0.15) is 0 Å². The van der Waals surface area contributed by atoms with Crippen molar-refractivity contribution in [1.82, 2.24) is 19.6 Å². The lowest BCUT2D eigenvalue weighted by Crippen LogP contribution is -2.45. The third kappa shape index (κ3) is 4.23. The smallest absolute Gasteiger partial charge is 0.317 e. The number of amides is 2. The molecule has 1 fully saturated rings. The number of fused-ring (bicyclic) bond motifs is 1. The number of para-hydroxylation sites is 1. The Kier molecular flexibility index (Phi) is 6.21. The molecule has 4 aromatic rings. The SMILES string of the molecule is COc1ccccc1-c1nc(C2CCN(C(=O)N[C@@H](C)c3ccccc3)CC2)n2ccccc12. The highest BCUT2D eigenvalue weighted by Crippen LogP contribution is 2.36. The first-order chi connectivity index (χ1) is 16.7. The molecule has 6 nitrogen and oxygen atoms in total. The van der Waals surface area contributed by atoms with Crippen LogP contribution in [0.5, 0.6) is 5.75 Å². The summed E-state index contributed by atoms with van der Waals surface area (Å²) in [5, 5.41) is 3.14. The molecule has 2 aromatic carbocycles. The molecule has 1 aliphatic rings. The third-order valence-corrected chi connectivity index (χ3v) is 6.72. The summed E-state index contributed by atoms with van der Waals surface area (Å²) in [5.41, 5.74) is 4.11. The van der Waals surface area contributed by atoms with E-state index in [1.54, 1.807) is 7.11 Å². The highest BCUT2D eigenvalue weighted by Gasteiger charge is 2.28. The van der Waals surface area contributed by atoms with Gasteiger partial charge in [-0.15, -0.1) is 0 Å². The number of ether oxygens (including phenoxy) is 1. The van der Waals surface area contributed by atoms with Gasteiger partial charge in [0.1, 0.15) is 17.3 Å². The highest BCUT2D eigenvalue weighted by molar-refractivity contribution is 5.81. The maximum atomic E-state index is 12.9. The maximum Gasteiger partial charge on any atom is 0.317 e. The number of aromatic nitrogens is 2. The Balaban J connectivity index is 1.33. The van der Waals surface area contributed by atoms with Crippen LogP contribution in [0.25, 0.3) is 16.8 Å². The number of nitrogens with one attached hydrogen (secondary N) is 1. The predicted molar refractivity (Wildman–Crippen MR) is 134 cm³/mol. The largest absolute Gasteiger partial charge is 0.496 e. The summed E-state index contributed by atoms with van der Waals surface area (Å²) >= 11 is 0. The zero-order chi connectivity index (χ0) is 23.5. The molecule has 2 amide bonds. The minimum absolute atomic E-state index is 0.00232. The summed E-state index contributed by atoms with van der Waals surface area (Å²) in [7, 11) is 1.69. The van der Waals surface area contributed by atoms with Crippen LogP contribution in [0, 0.1) is 0 Å². The first-order valence-electron chi connectivity index (χ1n) is 11.9. The van der Waals surface area contributed by atoms with Crippen LogP contribution in [0.4, 0.5) is 4.79 Å². The van der Waals surface area contributed by atoms with Gasteiger partial charge in [-0.3, -0.25) is 0 Å². The second-order valence-corrected chi connectivity index (χ2v) is 8.82. The molecule has 0 unspecified atom stereocenters. The molecule has 0 aliphatic carbocycles. The van der Waals surface area contributed by atoms with Crippen LogP contribution in [0.1, 0.15) is 43.1 Å². The second-order valence-electron chi connectivity index (χ2n) is 8.82. The van der Waals surface area contributed by atoms with Gasteiger partial charge in [-0.25, -0.2) is 9.78 Å². The third-order valence-electron chi connectivity index (χ3n) is 6.72. The fourth-order valence-electron chi connectivity index (χ4n) is 4.83. The summed E-state index contributed by atoms with van der Waals surface area (Å²) < 4.78 is 7.80. The normalized spacial score (nSPS) is 15.3. The molecule has 1 atom stereocenters. The van der Waals surface area contributed by atoms with Crippen LogP contribution in [0.2, 0.25) is 0 Å².